The van der Waals surface area contributed by atoms with Crippen LogP contribution in [0.2, 0.25) is 0 Å². The molecule has 1 saturated heterocycles. The zero-order chi connectivity index (χ0) is 11.5. The lowest BCUT2D eigenvalue weighted by molar-refractivity contribution is 0.233. The van der Waals surface area contributed by atoms with Crippen molar-refractivity contribution in [2.24, 2.45) is 0 Å². The smallest absolute Gasteiger partial charge is 0.147 e. The third kappa shape index (κ3) is 2.44. The molecule has 0 amide bonds. The van der Waals surface area contributed by atoms with Gasteiger partial charge in [0, 0.05) is 25.7 Å². The lowest BCUT2D eigenvalue weighted by Crippen LogP contribution is -2.50. The van der Waals surface area contributed by atoms with Crippen molar-refractivity contribution in [3.8, 4) is 0 Å². The molecule has 4 nitrogen and oxygen atoms in total. The summed E-state index contributed by atoms with van der Waals surface area (Å²) in [6.07, 6.45) is 3.57. The van der Waals surface area contributed by atoms with E-state index >= 15 is 0 Å². The Bertz CT molecular complexity index is 340. The number of aromatic nitrogens is 2. The van der Waals surface area contributed by atoms with E-state index in [1.165, 1.54) is 0 Å². The fourth-order valence-corrected chi connectivity index (χ4v) is 1.97. The molecule has 2 rings (SSSR count). The second-order valence-corrected chi connectivity index (χ2v) is 4.54. The van der Waals surface area contributed by atoms with Gasteiger partial charge in [0.1, 0.15) is 5.82 Å². The van der Waals surface area contributed by atoms with Gasteiger partial charge in [0.25, 0.3) is 0 Å². The Morgan fingerprint density at radius 2 is 2.19 bits per heavy atom. The first-order valence-corrected chi connectivity index (χ1v) is 6.06. The zero-order valence-corrected chi connectivity index (χ0v) is 10.5. The molecular formula is C11H17ClN4. The van der Waals surface area contributed by atoms with Crippen LogP contribution in [-0.2, 0) is 5.88 Å². The molecular weight excluding hydrogens is 224 g/mol. The van der Waals surface area contributed by atoms with Gasteiger partial charge in [0.2, 0.25) is 0 Å². The van der Waals surface area contributed by atoms with Crippen molar-refractivity contribution in [2.75, 3.05) is 31.6 Å². The average Bonchev–Trinajstić information content (AvgIpc) is 2.33. The monoisotopic (exact) mass is 240 g/mol. The van der Waals surface area contributed by atoms with Crippen LogP contribution in [0.15, 0.2) is 12.4 Å². The molecule has 5 heteroatoms. The highest BCUT2D eigenvalue weighted by Gasteiger charge is 2.21. The van der Waals surface area contributed by atoms with E-state index in [2.05, 4.69) is 33.7 Å². The lowest BCUT2D eigenvalue weighted by atomic mass is 10.2. The Labute approximate surface area is 101 Å². The predicted molar refractivity (Wildman–Crippen MR) is 65.9 cm³/mol. The van der Waals surface area contributed by atoms with Crippen LogP contribution in [0.1, 0.15) is 12.6 Å². The fraction of sp³-hybridized carbons (Fsp3) is 0.636. The van der Waals surface area contributed by atoms with Crippen LogP contribution in [0.3, 0.4) is 0 Å². The van der Waals surface area contributed by atoms with Crippen molar-refractivity contribution >= 4 is 17.4 Å². The summed E-state index contributed by atoms with van der Waals surface area (Å²) in [5.74, 6) is 1.38. The van der Waals surface area contributed by atoms with Crippen molar-refractivity contribution in [3.05, 3.63) is 18.1 Å². The number of nitrogens with zero attached hydrogens (tertiary/aromatic N) is 4. The summed E-state index contributed by atoms with van der Waals surface area (Å²) >= 11 is 5.68. The molecule has 0 aliphatic carbocycles. The predicted octanol–water partition coefficient (Wildman–Crippen LogP) is 1.36. The van der Waals surface area contributed by atoms with Gasteiger partial charge in [-0.25, -0.2) is 4.98 Å². The number of anilines is 1. The molecule has 0 spiro atoms. The maximum Gasteiger partial charge on any atom is 0.147 e. The highest BCUT2D eigenvalue weighted by atomic mass is 35.5. The molecule has 1 aromatic rings. The van der Waals surface area contributed by atoms with Crippen LogP contribution in [-0.4, -0.2) is 47.6 Å². The number of alkyl halides is 1. The van der Waals surface area contributed by atoms with E-state index in [9.17, 15) is 0 Å². The molecule has 0 bridgehead atoms. The maximum absolute atomic E-state index is 5.68. The first kappa shape index (κ1) is 11.6. The molecule has 1 aliphatic heterocycles. The minimum Gasteiger partial charge on any atom is -0.353 e. The first-order chi connectivity index (χ1) is 7.70. The molecule has 0 saturated carbocycles. The number of rotatable bonds is 2. The molecule has 1 unspecified atom stereocenters. The summed E-state index contributed by atoms with van der Waals surface area (Å²) in [4.78, 5) is 13.3. The van der Waals surface area contributed by atoms with Crippen LogP contribution in [0.5, 0.6) is 0 Å². The molecule has 1 atom stereocenters. The number of hydrogen-bond donors (Lipinski definition) is 0. The van der Waals surface area contributed by atoms with Crippen LogP contribution in [0.25, 0.3) is 0 Å². The van der Waals surface area contributed by atoms with Gasteiger partial charge in [-0.3, -0.25) is 4.98 Å². The van der Waals surface area contributed by atoms with Crippen LogP contribution >= 0.6 is 11.6 Å². The van der Waals surface area contributed by atoms with Gasteiger partial charge in [-0.1, -0.05) is 0 Å². The molecule has 1 aliphatic rings. The van der Waals surface area contributed by atoms with Crippen molar-refractivity contribution in [3.63, 3.8) is 0 Å². The zero-order valence-electron chi connectivity index (χ0n) is 9.73. The van der Waals surface area contributed by atoms with E-state index < -0.39 is 0 Å². The van der Waals surface area contributed by atoms with Gasteiger partial charge >= 0.3 is 0 Å². The topological polar surface area (TPSA) is 32.3 Å². The third-order valence-corrected chi connectivity index (χ3v) is 3.39. The van der Waals surface area contributed by atoms with E-state index in [1.807, 2.05) is 6.20 Å². The van der Waals surface area contributed by atoms with E-state index in [0.29, 0.717) is 11.9 Å². The average molecular weight is 241 g/mol. The SMILES string of the molecule is CC1CN(c2cnc(CCl)cn2)CCN1C. The van der Waals surface area contributed by atoms with E-state index in [-0.39, 0.29) is 0 Å². The van der Waals surface area contributed by atoms with Gasteiger partial charge in [-0.05, 0) is 14.0 Å². The second-order valence-electron chi connectivity index (χ2n) is 4.28. The van der Waals surface area contributed by atoms with E-state index in [1.54, 1.807) is 6.20 Å². The molecule has 0 aromatic carbocycles. The second kappa shape index (κ2) is 4.97. The number of halogens is 1. The van der Waals surface area contributed by atoms with Crippen LogP contribution in [0.4, 0.5) is 5.82 Å². The fourth-order valence-electron chi connectivity index (χ4n) is 1.84. The molecule has 16 heavy (non-hydrogen) atoms. The molecule has 0 N–H and O–H groups in total. The van der Waals surface area contributed by atoms with Gasteiger partial charge in [-0.2, -0.15) is 0 Å². The highest BCUT2D eigenvalue weighted by Crippen LogP contribution is 2.15. The molecule has 1 fully saturated rings. The van der Waals surface area contributed by atoms with Crippen molar-refractivity contribution < 1.29 is 0 Å². The maximum atomic E-state index is 5.68. The summed E-state index contributed by atoms with van der Waals surface area (Å²) < 4.78 is 0. The Kier molecular flexibility index (Phi) is 3.61. The summed E-state index contributed by atoms with van der Waals surface area (Å²) in [6, 6.07) is 0.559. The molecule has 88 valence electrons. The van der Waals surface area contributed by atoms with Gasteiger partial charge in [-0.15, -0.1) is 11.6 Å². The van der Waals surface area contributed by atoms with Gasteiger partial charge in [0.15, 0.2) is 0 Å². The van der Waals surface area contributed by atoms with Crippen molar-refractivity contribution in [1.82, 2.24) is 14.9 Å². The van der Waals surface area contributed by atoms with Gasteiger partial charge in [0.05, 0.1) is 24.0 Å². The minimum absolute atomic E-state index is 0.423. The van der Waals surface area contributed by atoms with Crippen LogP contribution in [0, 0.1) is 0 Å². The van der Waals surface area contributed by atoms with E-state index in [4.69, 9.17) is 11.6 Å². The molecule has 1 aromatic heterocycles. The van der Waals surface area contributed by atoms with Crippen molar-refractivity contribution in [2.45, 2.75) is 18.8 Å². The summed E-state index contributed by atoms with van der Waals surface area (Å²) in [6.45, 7) is 5.31. The Balaban J connectivity index is 2.06. The minimum atomic E-state index is 0.423. The third-order valence-electron chi connectivity index (χ3n) is 3.11. The Morgan fingerprint density at radius 3 is 2.75 bits per heavy atom. The summed E-state index contributed by atoms with van der Waals surface area (Å²) in [5.41, 5.74) is 0.826. The number of likely N-dealkylation sites (N-methyl/N-ethyl adjacent to an activating group) is 1. The lowest BCUT2D eigenvalue weighted by Gasteiger charge is -2.38. The quantitative estimate of drug-likeness (QED) is 0.731. The number of hydrogen-bond acceptors (Lipinski definition) is 4. The summed E-state index contributed by atoms with van der Waals surface area (Å²) in [5, 5.41) is 0. The van der Waals surface area contributed by atoms with Crippen LogP contribution < -0.4 is 4.90 Å². The van der Waals surface area contributed by atoms with Gasteiger partial charge < -0.3 is 9.80 Å². The Hall–Kier alpha value is -0.870. The first-order valence-electron chi connectivity index (χ1n) is 5.53. The highest BCUT2D eigenvalue weighted by molar-refractivity contribution is 6.16. The largest absolute Gasteiger partial charge is 0.353 e. The molecule has 0 radical (unpaired) electrons. The normalized spacial score (nSPS) is 22.4. The number of piperazine rings is 1. The van der Waals surface area contributed by atoms with Crippen molar-refractivity contribution in [1.29, 1.82) is 0 Å². The standard InChI is InChI=1S/C11H17ClN4/c1-9-8-16(4-3-15(9)2)11-7-13-10(5-12)6-14-11/h6-7,9H,3-5,8H2,1-2H3. The van der Waals surface area contributed by atoms with E-state index in [0.717, 1.165) is 31.1 Å². The summed E-state index contributed by atoms with van der Waals surface area (Å²) in [7, 11) is 2.16. The molecule has 2 heterocycles. The Morgan fingerprint density at radius 1 is 1.38 bits per heavy atom.